The van der Waals surface area contributed by atoms with Crippen molar-refractivity contribution in [3.8, 4) is 0 Å². The van der Waals surface area contributed by atoms with Crippen LogP contribution in [0.4, 0.5) is 5.69 Å². The molecule has 0 aliphatic heterocycles. The first-order chi connectivity index (χ1) is 15.9. The van der Waals surface area contributed by atoms with Gasteiger partial charge in [-0.2, -0.15) is 9.41 Å². The summed E-state index contributed by atoms with van der Waals surface area (Å²) in [5.41, 5.74) is 6.54. The van der Waals surface area contributed by atoms with Gasteiger partial charge in [0.1, 0.15) is 0 Å². The molecule has 0 radical (unpaired) electrons. The molecule has 3 rings (SSSR count). The Bertz CT molecular complexity index is 1230. The number of aromatic nitrogens is 1. The van der Waals surface area contributed by atoms with Crippen LogP contribution < -0.4 is 10.7 Å². The van der Waals surface area contributed by atoms with Gasteiger partial charge < -0.3 is 10.3 Å². The van der Waals surface area contributed by atoms with Crippen LogP contribution in [0.3, 0.4) is 0 Å². The predicted octanol–water partition coefficient (Wildman–Crippen LogP) is 4.86. The quantitative estimate of drug-likeness (QED) is 0.217. The van der Waals surface area contributed by atoms with E-state index >= 15 is 0 Å². The molecule has 0 amide bonds. The van der Waals surface area contributed by atoms with E-state index in [1.807, 2.05) is 38.1 Å². The topological polar surface area (TPSA) is 89.6 Å². The van der Waals surface area contributed by atoms with Crippen LogP contribution in [0, 0.1) is 0 Å². The van der Waals surface area contributed by atoms with Gasteiger partial charge >= 0.3 is 0 Å². The van der Waals surface area contributed by atoms with E-state index in [0.717, 1.165) is 47.0 Å². The Balaban J connectivity index is 1.77. The number of nitrogens with zero attached hydrogens (tertiary/aromatic N) is 2. The highest BCUT2D eigenvalue weighted by Gasteiger charge is 2.23. The summed E-state index contributed by atoms with van der Waals surface area (Å²) >= 11 is 5.35. The molecule has 2 aromatic carbocycles. The highest BCUT2D eigenvalue weighted by molar-refractivity contribution is 7.89. The van der Waals surface area contributed by atoms with E-state index in [0.29, 0.717) is 18.2 Å². The molecule has 0 unspecified atom stereocenters. The molecular formula is C24H31N5O2S2. The summed E-state index contributed by atoms with van der Waals surface area (Å²) in [6.45, 7) is 7.06. The van der Waals surface area contributed by atoms with Crippen LogP contribution in [0.25, 0.3) is 10.9 Å². The third-order valence-corrected chi connectivity index (χ3v) is 7.37. The van der Waals surface area contributed by atoms with Gasteiger partial charge in [-0.25, -0.2) is 8.42 Å². The Morgan fingerprint density at radius 1 is 1.12 bits per heavy atom. The fraction of sp³-hybridized carbons (Fsp3) is 0.333. The number of sulfonamides is 1. The van der Waals surface area contributed by atoms with E-state index in [9.17, 15) is 8.42 Å². The molecule has 176 valence electrons. The summed E-state index contributed by atoms with van der Waals surface area (Å²) in [4.78, 5) is 3.45. The van der Waals surface area contributed by atoms with Gasteiger partial charge in [-0.3, -0.25) is 5.43 Å². The van der Waals surface area contributed by atoms with Gasteiger partial charge in [0.15, 0.2) is 5.11 Å². The Morgan fingerprint density at radius 3 is 2.55 bits per heavy atom. The lowest BCUT2D eigenvalue weighted by atomic mass is 10.1. The van der Waals surface area contributed by atoms with E-state index in [4.69, 9.17) is 12.2 Å². The molecule has 0 spiro atoms. The third kappa shape index (κ3) is 5.98. The zero-order valence-electron chi connectivity index (χ0n) is 19.3. The third-order valence-electron chi connectivity index (χ3n) is 5.29. The zero-order valence-corrected chi connectivity index (χ0v) is 20.9. The molecule has 9 heteroatoms. The van der Waals surface area contributed by atoms with Gasteiger partial charge in [0.25, 0.3) is 0 Å². The number of hydrazone groups is 1. The van der Waals surface area contributed by atoms with Crippen LogP contribution in [0.2, 0.25) is 0 Å². The highest BCUT2D eigenvalue weighted by atomic mass is 32.2. The van der Waals surface area contributed by atoms with E-state index in [1.165, 1.54) is 0 Å². The van der Waals surface area contributed by atoms with Crippen molar-refractivity contribution in [2.75, 3.05) is 18.4 Å². The predicted molar refractivity (Wildman–Crippen MR) is 140 cm³/mol. The average Bonchev–Trinajstić information content (AvgIpc) is 3.21. The fourth-order valence-electron chi connectivity index (χ4n) is 3.65. The van der Waals surface area contributed by atoms with Crippen LogP contribution >= 0.6 is 12.2 Å². The molecule has 0 aliphatic rings. The number of hydrogen-bond acceptors (Lipinski definition) is 4. The number of nitrogens with one attached hydrogen (secondary N) is 3. The summed E-state index contributed by atoms with van der Waals surface area (Å²) in [7, 11) is -3.56. The van der Waals surface area contributed by atoms with Crippen LogP contribution in [0.15, 0.2) is 58.7 Å². The van der Waals surface area contributed by atoms with Gasteiger partial charge in [0, 0.05) is 41.4 Å². The molecule has 7 nitrogen and oxygen atoms in total. The summed E-state index contributed by atoms with van der Waals surface area (Å²) in [6.07, 6.45) is 5.86. The minimum absolute atomic E-state index is 0.285. The summed E-state index contributed by atoms with van der Waals surface area (Å²) in [5, 5.41) is 8.56. The van der Waals surface area contributed by atoms with Crippen molar-refractivity contribution in [1.29, 1.82) is 0 Å². The van der Waals surface area contributed by atoms with Gasteiger partial charge in [0.2, 0.25) is 10.0 Å². The number of thiocarbonyl (C=S) groups is 1. The monoisotopic (exact) mass is 485 g/mol. The number of anilines is 1. The van der Waals surface area contributed by atoms with Crippen molar-refractivity contribution in [2.45, 2.75) is 44.9 Å². The van der Waals surface area contributed by atoms with Crippen molar-refractivity contribution in [3.05, 3.63) is 59.8 Å². The number of rotatable bonds is 10. The smallest absolute Gasteiger partial charge is 0.243 e. The molecule has 0 aliphatic carbocycles. The fourth-order valence-corrected chi connectivity index (χ4v) is 5.46. The van der Waals surface area contributed by atoms with Crippen molar-refractivity contribution in [1.82, 2.24) is 14.7 Å². The van der Waals surface area contributed by atoms with E-state index < -0.39 is 10.0 Å². The molecule has 33 heavy (non-hydrogen) atoms. The lowest BCUT2D eigenvalue weighted by Gasteiger charge is -2.21. The van der Waals surface area contributed by atoms with E-state index in [-0.39, 0.29) is 4.90 Å². The maximum Gasteiger partial charge on any atom is 0.243 e. The Labute approximate surface area is 201 Å². The van der Waals surface area contributed by atoms with Gasteiger partial charge in [-0.05, 0) is 61.3 Å². The second-order valence-corrected chi connectivity index (χ2v) is 10.0. The molecular weight excluding hydrogens is 454 g/mol. The van der Waals surface area contributed by atoms with Crippen molar-refractivity contribution in [2.24, 2.45) is 5.10 Å². The first-order valence-electron chi connectivity index (χ1n) is 11.2. The molecule has 3 aromatic rings. The van der Waals surface area contributed by atoms with Crippen LogP contribution in [0.5, 0.6) is 0 Å². The Hall–Kier alpha value is -2.75. The van der Waals surface area contributed by atoms with Crippen LogP contribution in [-0.2, 0) is 16.4 Å². The van der Waals surface area contributed by atoms with Gasteiger partial charge in [0.05, 0.1) is 11.1 Å². The molecule has 0 saturated heterocycles. The van der Waals surface area contributed by atoms with Crippen molar-refractivity contribution in [3.63, 3.8) is 0 Å². The SMILES string of the molecule is CCCN(CCC)S(=O)(=O)c1ccc2[nH]cc(/C=N/NC(=S)Nc3ccccc3CC)c2c1. The van der Waals surface area contributed by atoms with E-state index in [1.54, 1.807) is 34.9 Å². The van der Waals surface area contributed by atoms with Crippen LogP contribution in [0.1, 0.15) is 44.7 Å². The van der Waals surface area contributed by atoms with E-state index in [2.05, 4.69) is 27.8 Å². The number of benzene rings is 2. The maximum atomic E-state index is 13.2. The lowest BCUT2D eigenvalue weighted by molar-refractivity contribution is 0.410. The standard InChI is InChI=1S/C24H31N5O2S2/c1-4-13-29(14-5-2)33(30,31)20-11-12-23-21(15-20)19(16-25-23)17-26-28-24(32)27-22-10-8-7-9-18(22)6-3/h7-12,15-17,25H,4-6,13-14H2,1-3H3,(H2,27,28,32)/b26-17+. The first-order valence-corrected chi connectivity index (χ1v) is 13.0. The number of para-hydroxylation sites is 1. The number of aryl methyl sites for hydroxylation is 1. The van der Waals surface area contributed by atoms with Gasteiger partial charge in [-0.15, -0.1) is 0 Å². The molecule has 1 heterocycles. The second-order valence-electron chi connectivity index (χ2n) is 7.69. The molecule has 3 N–H and O–H groups in total. The average molecular weight is 486 g/mol. The Kier molecular flexibility index (Phi) is 8.60. The lowest BCUT2D eigenvalue weighted by Crippen LogP contribution is -2.32. The number of H-pyrrole nitrogens is 1. The zero-order chi connectivity index (χ0) is 23.8. The minimum Gasteiger partial charge on any atom is -0.361 e. The number of fused-ring (bicyclic) bond motifs is 1. The summed E-state index contributed by atoms with van der Waals surface area (Å²) in [6, 6.07) is 13.1. The van der Waals surface area contributed by atoms with Gasteiger partial charge in [-0.1, -0.05) is 39.0 Å². The van der Waals surface area contributed by atoms with Crippen LogP contribution in [-0.4, -0.2) is 42.1 Å². The maximum absolute atomic E-state index is 13.2. The number of hydrogen-bond donors (Lipinski definition) is 3. The molecule has 0 fully saturated rings. The molecule has 0 bridgehead atoms. The molecule has 0 atom stereocenters. The largest absolute Gasteiger partial charge is 0.361 e. The second kappa shape index (κ2) is 11.4. The van der Waals surface area contributed by atoms with Crippen molar-refractivity contribution < 1.29 is 8.42 Å². The van der Waals surface area contributed by atoms with Crippen molar-refractivity contribution >= 4 is 50.2 Å². The molecule has 1 aromatic heterocycles. The highest BCUT2D eigenvalue weighted by Crippen LogP contribution is 2.24. The minimum atomic E-state index is -3.56. The Morgan fingerprint density at radius 2 is 1.85 bits per heavy atom. The first kappa shape index (κ1) is 24.9. The molecule has 0 saturated carbocycles. The normalized spacial score (nSPS) is 12.0. The summed E-state index contributed by atoms with van der Waals surface area (Å²) < 4.78 is 27.9. The summed E-state index contributed by atoms with van der Waals surface area (Å²) in [5.74, 6) is 0. The number of aromatic amines is 1.